The first kappa shape index (κ1) is 14.1. The fourth-order valence-corrected chi connectivity index (χ4v) is 3.09. The van der Waals surface area contributed by atoms with E-state index in [0.717, 1.165) is 5.56 Å². The Morgan fingerprint density at radius 1 is 1.00 bits per heavy atom. The van der Waals surface area contributed by atoms with Crippen LogP contribution in [0, 0.1) is 12.7 Å². The lowest BCUT2D eigenvalue weighted by atomic mass is 9.89. The van der Waals surface area contributed by atoms with Gasteiger partial charge in [-0.2, -0.15) is 0 Å². The van der Waals surface area contributed by atoms with Gasteiger partial charge in [-0.25, -0.2) is 4.39 Å². The van der Waals surface area contributed by atoms with Crippen LogP contribution in [0.1, 0.15) is 48.1 Å². The molecule has 0 bridgehead atoms. The van der Waals surface area contributed by atoms with Crippen molar-refractivity contribution in [1.29, 1.82) is 0 Å². The van der Waals surface area contributed by atoms with Gasteiger partial charge in [0.2, 0.25) is 0 Å². The molecule has 0 spiro atoms. The van der Waals surface area contributed by atoms with Gasteiger partial charge < -0.3 is 5.32 Å². The summed E-state index contributed by atoms with van der Waals surface area (Å²) in [6, 6.07) is 12.0. The highest BCUT2D eigenvalue weighted by Gasteiger charge is 2.13. The number of rotatable bonds is 3. The van der Waals surface area contributed by atoms with Crippen LogP contribution in [0.2, 0.25) is 0 Å². The maximum Gasteiger partial charge on any atom is 0.146 e. The molecule has 2 heteroatoms. The van der Waals surface area contributed by atoms with Crippen LogP contribution in [0.3, 0.4) is 0 Å². The summed E-state index contributed by atoms with van der Waals surface area (Å²) in [5, 5.41) is 3.30. The summed E-state index contributed by atoms with van der Waals surface area (Å²) in [5.41, 5.74) is 5.84. The van der Waals surface area contributed by atoms with Crippen molar-refractivity contribution in [2.45, 2.75) is 45.6 Å². The van der Waals surface area contributed by atoms with Gasteiger partial charge in [0, 0.05) is 6.04 Å². The van der Waals surface area contributed by atoms with Crippen LogP contribution >= 0.6 is 0 Å². The van der Waals surface area contributed by atoms with E-state index >= 15 is 0 Å². The summed E-state index contributed by atoms with van der Waals surface area (Å²) < 4.78 is 13.9. The molecular formula is C19H22FN. The molecule has 0 heterocycles. The van der Waals surface area contributed by atoms with Gasteiger partial charge in [-0.15, -0.1) is 0 Å². The van der Waals surface area contributed by atoms with E-state index in [1.54, 1.807) is 6.07 Å². The predicted octanol–water partition coefficient (Wildman–Crippen LogP) is 5.19. The minimum absolute atomic E-state index is 0.105. The molecule has 2 aromatic carbocycles. The van der Waals surface area contributed by atoms with Crippen molar-refractivity contribution in [2.24, 2.45) is 0 Å². The van der Waals surface area contributed by atoms with E-state index in [4.69, 9.17) is 0 Å². The van der Waals surface area contributed by atoms with Crippen LogP contribution in [0.15, 0.2) is 36.4 Å². The SMILES string of the molecule is Cc1ccc(F)c(NC(C)c2ccc3c(c2)CCCC3)c1. The van der Waals surface area contributed by atoms with Gasteiger partial charge in [0.15, 0.2) is 0 Å². The molecule has 1 aliphatic carbocycles. The molecule has 1 unspecified atom stereocenters. The van der Waals surface area contributed by atoms with Crippen LogP contribution in [0.25, 0.3) is 0 Å². The second kappa shape index (κ2) is 5.88. The molecule has 0 saturated heterocycles. The van der Waals surface area contributed by atoms with E-state index in [1.165, 1.54) is 48.4 Å². The monoisotopic (exact) mass is 283 g/mol. The Morgan fingerprint density at radius 2 is 1.76 bits per heavy atom. The summed E-state index contributed by atoms with van der Waals surface area (Å²) in [6.45, 7) is 4.07. The number of nitrogens with one attached hydrogen (secondary N) is 1. The predicted molar refractivity (Wildman–Crippen MR) is 86.3 cm³/mol. The molecule has 0 aliphatic heterocycles. The lowest BCUT2D eigenvalue weighted by molar-refractivity contribution is 0.627. The molecule has 0 amide bonds. The topological polar surface area (TPSA) is 12.0 Å². The van der Waals surface area contributed by atoms with Gasteiger partial charge in [-0.05, 0) is 73.9 Å². The number of aryl methyl sites for hydroxylation is 3. The highest BCUT2D eigenvalue weighted by Crippen LogP contribution is 2.27. The van der Waals surface area contributed by atoms with Crippen molar-refractivity contribution in [3.05, 3.63) is 64.5 Å². The molecule has 0 aromatic heterocycles. The Labute approximate surface area is 126 Å². The van der Waals surface area contributed by atoms with Crippen LogP contribution < -0.4 is 5.32 Å². The van der Waals surface area contributed by atoms with Crippen LogP contribution in [0.4, 0.5) is 10.1 Å². The normalized spacial score (nSPS) is 15.4. The molecule has 2 aromatic rings. The summed E-state index contributed by atoms with van der Waals surface area (Å²) in [6.07, 6.45) is 4.96. The first-order valence-electron chi connectivity index (χ1n) is 7.78. The smallest absolute Gasteiger partial charge is 0.146 e. The van der Waals surface area contributed by atoms with Gasteiger partial charge >= 0.3 is 0 Å². The second-order valence-corrected chi connectivity index (χ2v) is 6.08. The zero-order valence-corrected chi connectivity index (χ0v) is 12.7. The van der Waals surface area contributed by atoms with Crippen molar-refractivity contribution < 1.29 is 4.39 Å². The maximum atomic E-state index is 13.9. The molecule has 0 radical (unpaired) electrons. The van der Waals surface area contributed by atoms with E-state index in [9.17, 15) is 4.39 Å². The molecule has 1 N–H and O–H groups in total. The lowest BCUT2D eigenvalue weighted by Gasteiger charge is -2.21. The number of hydrogen-bond acceptors (Lipinski definition) is 1. The third-order valence-electron chi connectivity index (χ3n) is 4.37. The third kappa shape index (κ3) is 3.10. The molecule has 1 atom stereocenters. The fraction of sp³-hybridized carbons (Fsp3) is 0.368. The van der Waals surface area contributed by atoms with Gasteiger partial charge in [0.05, 0.1) is 5.69 Å². The van der Waals surface area contributed by atoms with Crippen molar-refractivity contribution in [1.82, 2.24) is 0 Å². The highest BCUT2D eigenvalue weighted by atomic mass is 19.1. The molecule has 1 aliphatic rings. The number of halogens is 1. The second-order valence-electron chi connectivity index (χ2n) is 6.08. The van der Waals surface area contributed by atoms with E-state index < -0.39 is 0 Å². The number of hydrogen-bond donors (Lipinski definition) is 1. The molecular weight excluding hydrogens is 261 g/mol. The quantitative estimate of drug-likeness (QED) is 0.817. The van der Waals surface area contributed by atoms with Crippen molar-refractivity contribution >= 4 is 5.69 Å². The van der Waals surface area contributed by atoms with E-state index in [0.29, 0.717) is 5.69 Å². The van der Waals surface area contributed by atoms with E-state index in [1.807, 2.05) is 13.0 Å². The largest absolute Gasteiger partial charge is 0.376 e. The minimum Gasteiger partial charge on any atom is -0.376 e. The van der Waals surface area contributed by atoms with E-state index in [-0.39, 0.29) is 11.9 Å². The van der Waals surface area contributed by atoms with Gasteiger partial charge in [-0.1, -0.05) is 24.3 Å². The van der Waals surface area contributed by atoms with Crippen molar-refractivity contribution in [3.63, 3.8) is 0 Å². The molecule has 3 rings (SSSR count). The first-order valence-corrected chi connectivity index (χ1v) is 7.78. The van der Waals surface area contributed by atoms with Crippen LogP contribution in [0.5, 0.6) is 0 Å². The summed E-state index contributed by atoms with van der Waals surface area (Å²) in [5.74, 6) is -0.189. The van der Waals surface area contributed by atoms with Gasteiger partial charge in [-0.3, -0.25) is 0 Å². The first-order chi connectivity index (χ1) is 10.1. The Hall–Kier alpha value is -1.83. The Morgan fingerprint density at radius 3 is 2.57 bits per heavy atom. The maximum absolute atomic E-state index is 13.9. The Kier molecular flexibility index (Phi) is 3.96. The zero-order chi connectivity index (χ0) is 14.8. The van der Waals surface area contributed by atoms with Crippen LogP contribution in [-0.2, 0) is 12.8 Å². The standard InChI is InChI=1S/C19H22FN/c1-13-7-10-18(20)19(11-13)21-14(2)16-9-8-15-5-3-4-6-17(15)12-16/h7-12,14,21H,3-6H2,1-2H3. The molecule has 21 heavy (non-hydrogen) atoms. The number of anilines is 1. The highest BCUT2D eigenvalue weighted by molar-refractivity contribution is 5.49. The Balaban J connectivity index is 1.82. The molecule has 0 saturated carbocycles. The van der Waals surface area contributed by atoms with Crippen LogP contribution in [-0.4, -0.2) is 0 Å². The van der Waals surface area contributed by atoms with Gasteiger partial charge in [0.25, 0.3) is 0 Å². The molecule has 1 nitrogen and oxygen atoms in total. The summed E-state index contributed by atoms with van der Waals surface area (Å²) >= 11 is 0. The lowest BCUT2D eigenvalue weighted by Crippen LogP contribution is -2.10. The molecule has 0 fully saturated rings. The molecule has 110 valence electrons. The fourth-order valence-electron chi connectivity index (χ4n) is 3.09. The zero-order valence-electron chi connectivity index (χ0n) is 12.7. The van der Waals surface area contributed by atoms with E-state index in [2.05, 4.69) is 30.4 Å². The average Bonchev–Trinajstić information content (AvgIpc) is 2.50. The van der Waals surface area contributed by atoms with Gasteiger partial charge in [0.1, 0.15) is 5.82 Å². The minimum atomic E-state index is -0.189. The summed E-state index contributed by atoms with van der Waals surface area (Å²) in [4.78, 5) is 0. The van der Waals surface area contributed by atoms with Crippen molar-refractivity contribution in [3.8, 4) is 0 Å². The third-order valence-corrected chi connectivity index (χ3v) is 4.37. The number of fused-ring (bicyclic) bond motifs is 1. The Bertz CT molecular complexity index is 648. The number of benzene rings is 2. The summed E-state index contributed by atoms with van der Waals surface area (Å²) in [7, 11) is 0. The average molecular weight is 283 g/mol. The van der Waals surface area contributed by atoms with Crippen molar-refractivity contribution in [2.75, 3.05) is 5.32 Å².